The number of rotatable bonds is 7. The lowest BCUT2D eigenvalue weighted by Gasteiger charge is -2.22. The van der Waals surface area contributed by atoms with Gasteiger partial charge in [0.1, 0.15) is 4.90 Å². The van der Waals surface area contributed by atoms with E-state index < -0.39 is 16.0 Å². The lowest BCUT2D eigenvalue weighted by Crippen LogP contribution is -2.33. The summed E-state index contributed by atoms with van der Waals surface area (Å²) in [6.07, 6.45) is 0.406. The second-order valence-electron chi connectivity index (χ2n) is 5.41. The second-order valence-corrected chi connectivity index (χ2v) is 8.53. The number of carboxylic acid groups (broad SMARTS) is 1. The molecule has 0 aromatic heterocycles. The van der Waals surface area contributed by atoms with Crippen LogP contribution in [0.5, 0.6) is 0 Å². The molecule has 0 spiro atoms. The Balaban J connectivity index is 2.36. The van der Waals surface area contributed by atoms with E-state index in [1.807, 2.05) is 12.1 Å². The quantitative estimate of drug-likeness (QED) is 0.688. The number of hydrogen-bond donors (Lipinski definition) is 1. The van der Waals surface area contributed by atoms with E-state index in [0.29, 0.717) is 11.4 Å². The van der Waals surface area contributed by atoms with Crippen molar-refractivity contribution in [3.63, 3.8) is 0 Å². The van der Waals surface area contributed by atoms with Gasteiger partial charge >= 0.3 is 5.97 Å². The Labute approximate surface area is 167 Å². The first-order valence-corrected chi connectivity index (χ1v) is 10.2. The number of halogens is 3. The summed E-state index contributed by atoms with van der Waals surface area (Å²) < 4.78 is 27.1. The molecule has 0 saturated carbocycles. The highest BCUT2D eigenvalue weighted by Crippen LogP contribution is 2.31. The predicted molar refractivity (Wildman–Crippen MR) is 103 cm³/mol. The predicted octanol–water partition coefficient (Wildman–Crippen LogP) is 4.60. The van der Waals surface area contributed by atoms with Crippen molar-refractivity contribution in [2.24, 2.45) is 0 Å². The fraction of sp³-hybridized carbons (Fsp3) is 0.235. The summed E-state index contributed by atoms with van der Waals surface area (Å²) in [6.45, 7) is 2.05. The number of likely N-dealkylation sites (N-methyl/N-ethyl adjacent to an activating group) is 1. The summed E-state index contributed by atoms with van der Waals surface area (Å²) in [5, 5.41) is 9.48. The number of sulfonamides is 1. The van der Waals surface area contributed by atoms with Crippen molar-refractivity contribution < 1.29 is 18.3 Å². The topological polar surface area (TPSA) is 74.7 Å². The third kappa shape index (κ3) is 4.50. The monoisotopic (exact) mass is 435 g/mol. The molecule has 140 valence electrons. The number of nitrogens with zero attached hydrogens (tertiary/aromatic N) is 1. The summed E-state index contributed by atoms with van der Waals surface area (Å²) in [4.78, 5) is 11.0. The maximum Gasteiger partial charge on any atom is 0.337 e. The third-order valence-corrected chi connectivity index (χ3v) is 6.93. The number of benzene rings is 2. The Hall–Kier alpha value is -1.31. The van der Waals surface area contributed by atoms with E-state index in [2.05, 4.69) is 0 Å². The first-order chi connectivity index (χ1) is 12.2. The molecular formula is C17H16Cl3NO4S. The molecule has 5 nitrogen and oxygen atoms in total. The average Bonchev–Trinajstić information content (AvgIpc) is 2.56. The van der Waals surface area contributed by atoms with Crippen LogP contribution in [-0.2, 0) is 16.4 Å². The van der Waals surface area contributed by atoms with Gasteiger partial charge in [-0.1, -0.05) is 59.9 Å². The van der Waals surface area contributed by atoms with Crippen LogP contribution in [0.25, 0.3) is 0 Å². The lowest BCUT2D eigenvalue weighted by molar-refractivity contribution is 0.0697. The van der Waals surface area contributed by atoms with Gasteiger partial charge in [0.2, 0.25) is 10.0 Å². The standard InChI is InChI=1S/C17H16Cl3NO4S/c1-2-21(8-7-11-5-3-4-6-13(11)18)26(24,25)16-9-12(17(22)23)14(19)10-15(16)20/h3-6,9-10H,2,7-8H2,1H3,(H,22,23). The number of hydrogen-bond acceptors (Lipinski definition) is 3. The second kappa shape index (κ2) is 8.59. The Morgan fingerprint density at radius 1 is 1.08 bits per heavy atom. The highest BCUT2D eigenvalue weighted by molar-refractivity contribution is 7.89. The molecular weight excluding hydrogens is 421 g/mol. The van der Waals surface area contributed by atoms with E-state index >= 15 is 0 Å². The van der Waals surface area contributed by atoms with E-state index in [1.165, 1.54) is 4.31 Å². The Morgan fingerprint density at radius 2 is 1.73 bits per heavy atom. The van der Waals surface area contributed by atoms with Crippen LogP contribution < -0.4 is 0 Å². The fourth-order valence-corrected chi connectivity index (χ4v) is 4.93. The van der Waals surface area contributed by atoms with Gasteiger partial charge < -0.3 is 5.11 Å². The average molecular weight is 437 g/mol. The summed E-state index contributed by atoms with van der Waals surface area (Å²) in [7, 11) is -4.00. The highest BCUT2D eigenvalue weighted by Gasteiger charge is 2.28. The summed E-state index contributed by atoms with van der Waals surface area (Å²) in [6, 6.07) is 9.28. The Kier molecular flexibility index (Phi) is 6.93. The van der Waals surface area contributed by atoms with Crippen LogP contribution >= 0.6 is 34.8 Å². The molecule has 0 heterocycles. The summed E-state index contributed by atoms with van der Waals surface area (Å²) >= 11 is 18.0. The van der Waals surface area contributed by atoms with E-state index in [0.717, 1.165) is 17.7 Å². The van der Waals surface area contributed by atoms with Crippen LogP contribution in [0.15, 0.2) is 41.3 Å². The smallest absolute Gasteiger partial charge is 0.337 e. The van der Waals surface area contributed by atoms with Gasteiger partial charge in [-0.2, -0.15) is 4.31 Å². The highest BCUT2D eigenvalue weighted by atomic mass is 35.5. The molecule has 0 atom stereocenters. The van der Waals surface area contributed by atoms with E-state index in [1.54, 1.807) is 19.1 Å². The zero-order chi connectivity index (χ0) is 19.5. The summed E-state index contributed by atoms with van der Waals surface area (Å²) in [5.74, 6) is -1.33. The molecule has 1 N–H and O–H groups in total. The molecule has 2 aromatic rings. The van der Waals surface area contributed by atoms with Crippen LogP contribution in [-0.4, -0.2) is 36.9 Å². The molecule has 0 unspecified atom stereocenters. The molecule has 26 heavy (non-hydrogen) atoms. The first-order valence-electron chi connectivity index (χ1n) is 7.64. The number of carbonyl (C=O) groups is 1. The maximum absolute atomic E-state index is 12.9. The van der Waals surface area contributed by atoms with Gasteiger partial charge in [-0.3, -0.25) is 0 Å². The van der Waals surface area contributed by atoms with Crippen molar-refractivity contribution >= 4 is 50.8 Å². The van der Waals surface area contributed by atoms with Gasteiger partial charge in [-0.05, 0) is 30.2 Å². The minimum atomic E-state index is -4.00. The van der Waals surface area contributed by atoms with Crippen LogP contribution in [0.3, 0.4) is 0 Å². The van der Waals surface area contributed by atoms with Crippen LogP contribution in [0.2, 0.25) is 15.1 Å². The molecule has 0 saturated heterocycles. The van der Waals surface area contributed by atoms with Crippen LogP contribution in [0, 0.1) is 0 Å². The van der Waals surface area contributed by atoms with Crippen molar-refractivity contribution in [2.45, 2.75) is 18.2 Å². The number of aromatic carboxylic acids is 1. The van der Waals surface area contributed by atoms with Gasteiger partial charge in [-0.15, -0.1) is 0 Å². The summed E-state index contributed by atoms with van der Waals surface area (Å²) in [5.41, 5.74) is 0.494. The van der Waals surface area contributed by atoms with Crippen molar-refractivity contribution in [3.8, 4) is 0 Å². The van der Waals surface area contributed by atoms with Crippen LogP contribution in [0.4, 0.5) is 0 Å². The molecule has 0 fully saturated rings. The third-order valence-electron chi connectivity index (χ3n) is 3.81. The molecule has 0 aliphatic heterocycles. The van der Waals surface area contributed by atoms with Crippen molar-refractivity contribution in [1.29, 1.82) is 0 Å². The molecule has 2 aromatic carbocycles. The van der Waals surface area contributed by atoms with E-state index in [4.69, 9.17) is 34.8 Å². The SMILES string of the molecule is CCN(CCc1ccccc1Cl)S(=O)(=O)c1cc(C(=O)O)c(Cl)cc1Cl. The molecule has 0 radical (unpaired) electrons. The molecule has 0 aliphatic carbocycles. The molecule has 2 rings (SSSR count). The van der Waals surface area contributed by atoms with Gasteiger partial charge in [-0.25, -0.2) is 13.2 Å². The zero-order valence-corrected chi connectivity index (χ0v) is 16.8. The largest absolute Gasteiger partial charge is 0.478 e. The van der Waals surface area contributed by atoms with E-state index in [9.17, 15) is 18.3 Å². The van der Waals surface area contributed by atoms with Crippen LogP contribution in [0.1, 0.15) is 22.8 Å². The molecule has 0 amide bonds. The van der Waals surface area contributed by atoms with Gasteiger partial charge in [0.05, 0.1) is 15.6 Å². The van der Waals surface area contributed by atoms with Gasteiger partial charge in [0, 0.05) is 18.1 Å². The lowest BCUT2D eigenvalue weighted by atomic mass is 10.1. The molecule has 9 heteroatoms. The van der Waals surface area contributed by atoms with Crippen molar-refractivity contribution in [1.82, 2.24) is 4.31 Å². The fourth-order valence-electron chi connectivity index (χ4n) is 2.42. The Morgan fingerprint density at radius 3 is 2.31 bits per heavy atom. The van der Waals surface area contributed by atoms with Gasteiger partial charge in [0.25, 0.3) is 0 Å². The normalized spacial score (nSPS) is 11.7. The maximum atomic E-state index is 12.9. The minimum Gasteiger partial charge on any atom is -0.478 e. The van der Waals surface area contributed by atoms with Gasteiger partial charge in [0.15, 0.2) is 0 Å². The number of carboxylic acids is 1. The zero-order valence-electron chi connectivity index (χ0n) is 13.7. The minimum absolute atomic E-state index is 0.124. The molecule has 0 bridgehead atoms. The van der Waals surface area contributed by atoms with Crippen molar-refractivity contribution in [2.75, 3.05) is 13.1 Å². The Bertz CT molecular complexity index is 932. The van der Waals surface area contributed by atoms with E-state index in [-0.39, 0.29) is 33.6 Å². The molecule has 0 aliphatic rings. The van der Waals surface area contributed by atoms with Crippen molar-refractivity contribution in [3.05, 3.63) is 62.6 Å². The first kappa shape index (κ1) is 21.0.